The summed E-state index contributed by atoms with van der Waals surface area (Å²) in [4.78, 5) is 22.7. The lowest BCUT2D eigenvalue weighted by molar-refractivity contribution is -0.143. The van der Waals surface area contributed by atoms with E-state index in [2.05, 4.69) is 10.6 Å². The fourth-order valence-corrected chi connectivity index (χ4v) is 2.05. The van der Waals surface area contributed by atoms with Crippen molar-refractivity contribution >= 4 is 11.9 Å². The molecule has 1 aliphatic rings. The van der Waals surface area contributed by atoms with Gasteiger partial charge in [0.1, 0.15) is 6.04 Å². The Kier molecular flexibility index (Phi) is 5.37. The van der Waals surface area contributed by atoms with Crippen LogP contribution >= 0.6 is 0 Å². The molecule has 17 heavy (non-hydrogen) atoms. The standard InChI is InChI=1S/C11H20N2O4/c1-7-6-8(2-4-12-7)10(15)13-9(3-5-14)11(16)17/h7-9,12,14H,2-6H2,1H3,(H,13,15)(H,16,17). The number of rotatable bonds is 5. The van der Waals surface area contributed by atoms with E-state index < -0.39 is 12.0 Å². The Morgan fingerprint density at radius 1 is 1.53 bits per heavy atom. The summed E-state index contributed by atoms with van der Waals surface area (Å²) in [6, 6.07) is -0.710. The summed E-state index contributed by atoms with van der Waals surface area (Å²) in [5.74, 6) is -1.46. The zero-order valence-electron chi connectivity index (χ0n) is 9.98. The molecule has 4 N–H and O–H groups in total. The third-order valence-electron chi connectivity index (χ3n) is 3.03. The molecule has 98 valence electrons. The SMILES string of the molecule is CC1CC(C(=O)NC(CCO)C(=O)O)CCN1. The van der Waals surface area contributed by atoms with Crippen molar-refractivity contribution in [3.05, 3.63) is 0 Å². The maximum Gasteiger partial charge on any atom is 0.326 e. The average molecular weight is 244 g/mol. The largest absolute Gasteiger partial charge is 0.480 e. The van der Waals surface area contributed by atoms with E-state index in [0.29, 0.717) is 0 Å². The second kappa shape index (κ2) is 6.56. The Morgan fingerprint density at radius 2 is 2.24 bits per heavy atom. The number of carbonyl (C=O) groups excluding carboxylic acids is 1. The van der Waals surface area contributed by atoms with Gasteiger partial charge in [0.05, 0.1) is 0 Å². The molecule has 0 bridgehead atoms. The van der Waals surface area contributed by atoms with Crippen LogP contribution in [0.1, 0.15) is 26.2 Å². The molecule has 1 aliphatic heterocycles. The third-order valence-corrected chi connectivity index (χ3v) is 3.03. The number of carbonyl (C=O) groups is 2. The molecule has 0 aromatic carbocycles. The number of amides is 1. The van der Waals surface area contributed by atoms with Gasteiger partial charge in [-0.15, -0.1) is 0 Å². The van der Waals surface area contributed by atoms with Gasteiger partial charge in [0.25, 0.3) is 0 Å². The van der Waals surface area contributed by atoms with E-state index in [1.54, 1.807) is 0 Å². The van der Waals surface area contributed by atoms with Crippen LogP contribution in [0, 0.1) is 5.92 Å². The molecule has 0 aromatic heterocycles. The maximum atomic E-state index is 11.8. The fourth-order valence-electron chi connectivity index (χ4n) is 2.05. The number of carboxylic acid groups (broad SMARTS) is 1. The summed E-state index contributed by atoms with van der Waals surface area (Å²) in [5, 5.41) is 23.3. The van der Waals surface area contributed by atoms with Crippen LogP contribution in [0.2, 0.25) is 0 Å². The highest BCUT2D eigenvalue weighted by atomic mass is 16.4. The van der Waals surface area contributed by atoms with Gasteiger partial charge in [0, 0.05) is 25.0 Å². The number of piperidine rings is 1. The van der Waals surface area contributed by atoms with Crippen molar-refractivity contribution in [3.63, 3.8) is 0 Å². The first-order valence-corrected chi connectivity index (χ1v) is 5.92. The number of aliphatic hydroxyl groups excluding tert-OH is 1. The van der Waals surface area contributed by atoms with Gasteiger partial charge in [0.2, 0.25) is 5.91 Å². The molecule has 6 nitrogen and oxygen atoms in total. The van der Waals surface area contributed by atoms with E-state index in [1.165, 1.54) is 0 Å². The molecule has 1 saturated heterocycles. The van der Waals surface area contributed by atoms with Crippen molar-refractivity contribution in [2.45, 2.75) is 38.3 Å². The molecular formula is C11H20N2O4. The highest BCUT2D eigenvalue weighted by Gasteiger charge is 2.28. The minimum absolute atomic E-state index is 0.0433. The summed E-state index contributed by atoms with van der Waals surface area (Å²) in [5.41, 5.74) is 0. The monoisotopic (exact) mass is 244 g/mol. The molecule has 0 spiro atoms. The molecule has 0 aromatic rings. The summed E-state index contributed by atoms with van der Waals surface area (Å²) in [6.07, 6.45) is 1.49. The first-order chi connectivity index (χ1) is 8.04. The molecule has 6 heteroatoms. The Morgan fingerprint density at radius 3 is 2.76 bits per heavy atom. The van der Waals surface area contributed by atoms with Crippen molar-refractivity contribution in [2.24, 2.45) is 5.92 Å². The molecule has 1 rings (SSSR count). The van der Waals surface area contributed by atoms with Crippen molar-refractivity contribution in [3.8, 4) is 0 Å². The molecule has 0 radical (unpaired) electrons. The number of carboxylic acids is 1. The quantitative estimate of drug-likeness (QED) is 0.514. The van der Waals surface area contributed by atoms with Gasteiger partial charge < -0.3 is 20.8 Å². The van der Waals surface area contributed by atoms with Crippen LogP contribution in [0.4, 0.5) is 0 Å². The number of aliphatic hydroxyl groups is 1. The van der Waals surface area contributed by atoms with E-state index in [4.69, 9.17) is 10.2 Å². The predicted octanol–water partition coefficient (Wildman–Crippen LogP) is -0.674. The molecule has 0 saturated carbocycles. The average Bonchev–Trinajstić information content (AvgIpc) is 2.28. The predicted molar refractivity (Wildman–Crippen MR) is 61.5 cm³/mol. The third kappa shape index (κ3) is 4.32. The van der Waals surface area contributed by atoms with Gasteiger partial charge >= 0.3 is 5.97 Å². The van der Waals surface area contributed by atoms with Crippen molar-refractivity contribution in [1.29, 1.82) is 0 Å². The summed E-state index contributed by atoms with van der Waals surface area (Å²) < 4.78 is 0. The lowest BCUT2D eigenvalue weighted by atomic mass is 9.92. The topological polar surface area (TPSA) is 98.7 Å². The van der Waals surface area contributed by atoms with Crippen LogP contribution < -0.4 is 10.6 Å². The Bertz CT molecular complexity index is 283. The minimum Gasteiger partial charge on any atom is -0.480 e. The van der Waals surface area contributed by atoms with Crippen LogP contribution in [0.5, 0.6) is 0 Å². The Hall–Kier alpha value is -1.14. The second-order valence-electron chi connectivity index (χ2n) is 4.49. The number of hydrogen-bond donors (Lipinski definition) is 4. The summed E-state index contributed by atoms with van der Waals surface area (Å²) in [7, 11) is 0. The van der Waals surface area contributed by atoms with Crippen LogP contribution in [-0.2, 0) is 9.59 Å². The van der Waals surface area contributed by atoms with Crippen molar-refractivity contribution < 1.29 is 19.8 Å². The molecule has 1 amide bonds. The highest BCUT2D eigenvalue weighted by molar-refractivity contribution is 5.85. The molecule has 3 atom stereocenters. The molecule has 1 fully saturated rings. The summed E-state index contributed by atoms with van der Waals surface area (Å²) in [6.45, 7) is 2.53. The zero-order chi connectivity index (χ0) is 12.8. The minimum atomic E-state index is -1.10. The number of hydrogen-bond acceptors (Lipinski definition) is 4. The highest BCUT2D eigenvalue weighted by Crippen LogP contribution is 2.16. The van der Waals surface area contributed by atoms with Crippen molar-refractivity contribution in [1.82, 2.24) is 10.6 Å². The van der Waals surface area contributed by atoms with E-state index in [9.17, 15) is 9.59 Å². The maximum absolute atomic E-state index is 11.8. The first kappa shape index (κ1) is 13.9. The summed E-state index contributed by atoms with van der Waals surface area (Å²) >= 11 is 0. The molecular weight excluding hydrogens is 224 g/mol. The van der Waals surface area contributed by atoms with E-state index in [1.807, 2.05) is 6.92 Å². The van der Waals surface area contributed by atoms with Gasteiger partial charge in [-0.05, 0) is 26.3 Å². The van der Waals surface area contributed by atoms with E-state index >= 15 is 0 Å². The Labute approximate surface area is 100 Å². The van der Waals surface area contributed by atoms with Gasteiger partial charge in [-0.1, -0.05) is 0 Å². The van der Waals surface area contributed by atoms with E-state index in [-0.39, 0.29) is 30.9 Å². The van der Waals surface area contributed by atoms with Gasteiger partial charge in [-0.3, -0.25) is 4.79 Å². The smallest absolute Gasteiger partial charge is 0.326 e. The normalized spacial score (nSPS) is 26.2. The lowest BCUT2D eigenvalue weighted by Gasteiger charge is -2.28. The zero-order valence-corrected chi connectivity index (χ0v) is 9.98. The van der Waals surface area contributed by atoms with Crippen LogP contribution in [0.3, 0.4) is 0 Å². The number of nitrogens with one attached hydrogen (secondary N) is 2. The van der Waals surface area contributed by atoms with Crippen LogP contribution in [0.25, 0.3) is 0 Å². The first-order valence-electron chi connectivity index (χ1n) is 5.92. The van der Waals surface area contributed by atoms with Gasteiger partial charge in [-0.25, -0.2) is 4.79 Å². The molecule has 3 unspecified atom stereocenters. The molecule has 1 heterocycles. The van der Waals surface area contributed by atoms with Crippen LogP contribution in [-0.4, -0.2) is 47.3 Å². The van der Waals surface area contributed by atoms with Gasteiger partial charge in [0.15, 0.2) is 0 Å². The molecule has 0 aliphatic carbocycles. The van der Waals surface area contributed by atoms with Crippen molar-refractivity contribution in [2.75, 3.05) is 13.2 Å². The van der Waals surface area contributed by atoms with E-state index in [0.717, 1.165) is 19.4 Å². The fraction of sp³-hybridized carbons (Fsp3) is 0.818. The second-order valence-corrected chi connectivity index (χ2v) is 4.49. The number of aliphatic carboxylic acids is 1. The van der Waals surface area contributed by atoms with Gasteiger partial charge in [-0.2, -0.15) is 0 Å². The van der Waals surface area contributed by atoms with Crippen LogP contribution in [0.15, 0.2) is 0 Å². The lowest BCUT2D eigenvalue weighted by Crippen LogP contribution is -2.47. The Balaban J connectivity index is 2.48.